The summed E-state index contributed by atoms with van der Waals surface area (Å²) in [6, 6.07) is 13.5. The van der Waals surface area contributed by atoms with E-state index in [-0.39, 0.29) is 0 Å². The number of pyridine rings is 1. The van der Waals surface area contributed by atoms with Gasteiger partial charge in [-0.15, -0.1) is 11.8 Å². The SMILES string of the molecule is O=S(CCSc1ccncc1)c1ccccc1. The van der Waals surface area contributed by atoms with Crippen LogP contribution in [0.4, 0.5) is 0 Å². The Bertz CT molecular complexity index is 473. The molecule has 1 unspecified atom stereocenters. The molecule has 0 N–H and O–H groups in total. The van der Waals surface area contributed by atoms with Crippen molar-refractivity contribution in [2.45, 2.75) is 9.79 Å². The lowest BCUT2D eigenvalue weighted by Crippen LogP contribution is -2.00. The molecule has 17 heavy (non-hydrogen) atoms. The molecule has 0 spiro atoms. The molecule has 1 aromatic carbocycles. The van der Waals surface area contributed by atoms with Gasteiger partial charge in [-0.2, -0.15) is 0 Å². The Morgan fingerprint density at radius 2 is 1.76 bits per heavy atom. The van der Waals surface area contributed by atoms with E-state index in [0.717, 1.165) is 10.6 Å². The summed E-state index contributed by atoms with van der Waals surface area (Å²) < 4.78 is 11.9. The lowest BCUT2D eigenvalue weighted by atomic mass is 10.4. The van der Waals surface area contributed by atoms with Gasteiger partial charge in [-0.3, -0.25) is 9.19 Å². The maximum Gasteiger partial charge on any atom is 0.0537 e. The monoisotopic (exact) mass is 263 g/mol. The molecule has 0 bridgehead atoms. The van der Waals surface area contributed by atoms with E-state index in [0.29, 0.717) is 5.75 Å². The molecule has 4 heteroatoms. The van der Waals surface area contributed by atoms with E-state index in [1.54, 1.807) is 24.2 Å². The largest absolute Gasteiger partial charge is 0.265 e. The molecule has 1 aromatic heterocycles. The molecule has 88 valence electrons. The Hall–Kier alpha value is -1.13. The number of rotatable bonds is 5. The highest BCUT2D eigenvalue weighted by Crippen LogP contribution is 2.17. The second-order valence-corrected chi connectivity index (χ2v) is 6.13. The quantitative estimate of drug-likeness (QED) is 0.777. The van der Waals surface area contributed by atoms with E-state index in [4.69, 9.17) is 0 Å². The fourth-order valence-electron chi connectivity index (χ4n) is 1.36. The number of hydrogen-bond acceptors (Lipinski definition) is 3. The first kappa shape index (κ1) is 12.3. The molecule has 0 saturated heterocycles. The molecule has 2 nitrogen and oxygen atoms in total. The smallest absolute Gasteiger partial charge is 0.0537 e. The zero-order valence-corrected chi connectivity index (χ0v) is 10.9. The minimum Gasteiger partial charge on any atom is -0.265 e. The third-order valence-electron chi connectivity index (χ3n) is 2.19. The average molecular weight is 263 g/mol. The van der Waals surface area contributed by atoms with Crippen LogP contribution in [-0.4, -0.2) is 20.7 Å². The van der Waals surface area contributed by atoms with Gasteiger partial charge in [-0.1, -0.05) is 18.2 Å². The van der Waals surface area contributed by atoms with E-state index in [1.165, 1.54) is 4.90 Å². The molecule has 1 atom stereocenters. The highest BCUT2D eigenvalue weighted by Gasteiger charge is 2.02. The van der Waals surface area contributed by atoms with Gasteiger partial charge in [-0.05, 0) is 24.3 Å². The Labute approximate surface area is 108 Å². The normalized spacial score (nSPS) is 12.2. The van der Waals surface area contributed by atoms with Gasteiger partial charge in [0.2, 0.25) is 0 Å². The molecular weight excluding hydrogens is 250 g/mol. The first-order valence-electron chi connectivity index (χ1n) is 5.32. The van der Waals surface area contributed by atoms with Gasteiger partial charge in [0.05, 0.1) is 10.8 Å². The summed E-state index contributed by atoms with van der Waals surface area (Å²) in [5.41, 5.74) is 0. The number of aromatic nitrogens is 1. The van der Waals surface area contributed by atoms with Gasteiger partial charge in [0.15, 0.2) is 0 Å². The standard InChI is InChI=1S/C13H13NOS2/c15-17(13-4-2-1-3-5-13)11-10-16-12-6-8-14-9-7-12/h1-9H,10-11H2. The van der Waals surface area contributed by atoms with Gasteiger partial charge >= 0.3 is 0 Å². The topological polar surface area (TPSA) is 30.0 Å². The molecule has 0 aliphatic carbocycles. The molecule has 0 fully saturated rings. The summed E-state index contributed by atoms with van der Waals surface area (Å²) >= 11 is 1.71. The van der Waals surface area contributed by atoms with Crippen molar-refractivity contribution in [3.05, 3.63) is 54.9 Å². The van der Waals surface area contributed by atoms with Crippen LogP contribution < -0.4 is 0 Å². The van der Waals surface area contributed by atoms with Gasteiger partial charge in [0.25, 0.3) is 0 Å². The maximum atomic E-state index is 11.9. The average Bonchev–Trinajstić information content (AvgIpc) is 2.41. The number of hydrogen-bond donors (Lipinski definition) is 0. The molecule has 0 aliphatic heterocycles. The van der Waals surface area contributed by atoms with Crippen LogP contribution in [0.15, 0.2) is 64.6 Å². The van der Waals surface area contributed by atoms with Crippen molar-refractivity contribution in [1.82, 2.24) is 4.98 Å². The highest BCUT2D eigenvalue weighted by atomic mass is 32.2. The molecule has 2 rings (SSSR count). The van der Waals surface area contributed by atoms with Crippen LogP contribution >= 0.6 is 11.8 Å². The summed E-state index contributed by atoms with van der Waals surface area (Å²) in [7, 11) is -0.894. The first-order chi connectivity index (χ1) is 8.36. The zero-order chi connectivity index (χ0) is 11.9. The van der Waals surface area contributed by atoms with Crippen molar-refractivity contribution < 1.29 is 4.21 Å². The van der Waals surface area contributed by atoms with Crippen LogP contribution in [-0.2, 0) is 10.8 Å². The second kappa shape index (κ2) is 6.57. The van der Waals surface area contributed by atoms with Crippen LogP contribution in [0, 0.1) is 0 Å². The fourth-order valence-corrected chi connectivity index (χ4v) is 3.54. The van der Waals surface area contributed by atoms with Crippen LogP contribution in [0.1, 0.15) is 0 Å². The van der Waals surface area contributed by atoms with Crippen LogP contribution in [0.2, 0.25) is 0 Å². The van der Waals surface area contributed by atoms with Gasteiger partial charge < -0.3 is 0 Å². The molecule has 0 amide bonds. The van der Waals surface area contributed by atoms with Crippen molar-refractivity contribution in [3.8, 4) is 0 Å². The lowest BCUT2D eigenvalue weighted by Gasteiger charge is -2.02. The minimum absolute atomic E-state index is 0.678. The van der Waals surface area contributed by atoms with Crippen LogP contribution in [0.25, 0.3) is 0 Å². The predicted octanol–water partition coefficient (Wildman–Crippen LogP) is 2.98. The summed E-state index contributed by atoms with van der Waals surface area (Å²) in [6.45, 7) is 0. The third-order valence-corrected chi connectivity index (χ3v) is 4.84. The van der Waals surface area contributed by atoms with E-state index in [1.807, 2.05) is 42.5 Å². The Morgan fingerprint density at radius 3 is 2.47 bits per heavy atom. The van der Waals surface area contributed by atoms with Gasteiger partial charge in [-0.25, -0.2) is 0 Å². The highest BCUT2D eigenvalue weighted by molar-refractivity contribution is 8.00. The zero-order valence-electron chi connectivity index (χ0n) is 9.28. The van der Waals surface area contributed by atoms with E-state index in [9.17, 15) is 4.21 Å². The van der Waals surface area contributed by atoms with E-state index >= 15 is 0 Å². The molecule has 2 aromatic rings. The molecule has 0 saturated carbocycles. The van der Waals surface area contributed by atoms with Crippen molar-refractivity contribution in [3.63, 3.8) is 0 Å². The fraction of sp³-hybridized carbons (Fsp3) is 0.154. The van der Waals surface area contributed by atoms with Crippen LogP contribution in [0.5, 0.6) is 0 Å². The summed E-state index contributed by atoms with van der Waals surface area (Å²) in [4.78, 5) is 6.04. The number of benzene rings is 1. The summed E-state index contributed by atoms with van der Waals surface area (Å²) in [6.07, 6.45) is 3.55. The predicted molar refractivity (Wildman–Crippen MR) is 72.7 cm³/mol. The Kier molecular flexibility index (Phi) is 4.76. The first-order valence-corrected chi connectivity index (χ1v) is 7.63. The molecule has 0 radical (unpaired) electrons. The molecule has 1 heterocycles. The van der Waals surface area contributed by atoms with Crippen molar-refractivity contribution >= 4 is 22.6 Å². The lowest BCUT2D eigenvalue weighted by molar-refractivity contribution is 0.684. The molecular formula is C13H13NOS2. The van der Waals surface area contributed by atoms with Crippen molar-refractivity contribution in [1.29, 1.82) is 0 Å². The molecule has 0 aliphatic rings. The minimum atomic E-state index is -0.894. The van der Waals surface area contributed by atoms with Gasteiger partial charge in [0, 0.05) is 33.7 Å². The van der Waals surface area contributed by atoms with E-state index in [2.05, 4.69) is 4.98 Å². The van der Waals surface area contributed by atoms with Gasteiger partial charge in [0.1, 0.15) is 0 Å². The number of nitrogens with zero attached hydrogens (tertiary/aromatic N) is 1. The van der Waals surface area contributed by atoms with Crippen molar-refractivity contribution in [2.24, 2.45) is 0 Å². The van der Waals surface area contributed by atoms with Crippen molar-refractivity contribution in [2.75, 3.05) is 11.5 Å². The Balaban J connectivity index is 1.82. The second-order valence-electron chi connectivity index (χ2n) is 3.39. The maximum absolute atomic E-state index is 11.9. The summed E-state index contributed by atoms with van der Waals surface area (Å²) in [5.74, 6) is 1.53. The summed E-state index contributed by atoms with van der Waals surface area (Å²) in [5, 5.41) is 0. The third kappa shape index (κ3) is 3.98. The number of thioether (sulfide) groups is 1. The Morgan fingerprint density at radius 1 is 1.06 bits per heavy atom. The van der Waals surface area contributed by atoms with Crippen LogP contribution in [0.3, 0.4) is 0 Å². The van der Waals surface area contributed by atoms with E-state index < -0.39 is 10.8 Å².